The summed E-state index contributed by atoms with van der Waals surface area (Å²) < 4.78 is 5.89. The Kier molecular flexibility index (Phi) is 4.00. The van der Waals surface area contributed by atoms with Crippen molar-refractivity contribution in [2.75, 3.05) is 0 Å². The molecule has 1 saturated carbocycles. The fourth-order valence-corrected chi connectivity index (χ4v) is 2.33. The van der Waals surface area contributed by atoms with Gasteiger partial charge in [0.2, 0.25) is 0 Å². The number of hydrogen-bond donors (Lipinski definition) is 0. The number of hydrogen-bond acceptors (Lipinski definition) is 1. The third-order valence-electron chi connectivity index (χ3n) is 3.91. The first-order valence-corrected chi connectivity index (χ1v) is 6.45. The van der Waals surface area contributed by atoms with Crippen LogP contribution in [-0.2, 0) is 11.3 Å². The normalized spacial score (nSPS) is 26.1. The number of ether oxygens (including phenoxy) is 1. The monoisotopic (exact) mass is 218 g/mol. The van der Waals surface area contributed by atoms with Crippen LogP contribution in [0, 0.1) is 11.8 Å². The van der Waals surface area contributed by atoms with Crippen molar-refractivity contribution in [2.24, 2.45) is 11.8 Å². The lowest BCUT2D eigenvalue weighted by atomic mass is 9.73. The van der Waals surface area contributed by atoms with Crippen molar-refractivity contribution in [2.45, 2.75) is 45.8 Å². The molecule has 0 aliphatic heterocycles. The highest BCUT2D eigenvalue weighted by Gasteiger charge is 2.32. The van der Waals surface area contributed by atoms with E-state index in [1.54, 1.807) is 0 Å². The zero-order chi connectivity index (χ0) is 11.4. The molecule has 0 bridgehead atoms. The molecule has 0 saturated heterocycles. The van der Waals surface area contributed by atoms with E-state index in [2.05, 4.69) is 38.1 Å². The zero-order valence-corrected chi connectivity index (χ0v) is 10.4. The summed E-state index contributed by atoms with van der Waals surface area (Å²) in [5.41, 5.74) is 1.29. The molecule has 0 radical (unpaired) electrons. The van der Waals surface area contributed by atoms with Gasteiger partial charge in [-0.2, -0.15) is 0 Å². The van der Waals surface area contributed by atoms with Gasteiger partial charge in [0.05, 0.1) is 12.7 Å². The highest BCUT2D eigenvalue weighted by molar-refractivity contribution is 5.13. The van der Waals surface area contributed by atoms with E-state index < -0.39 is 0 Å². The highest BCUT2D eigenvalue weighted by Crippen LogP contribution is 2.37. The minimum absolute atomic E-state index is 0.513. The van der Waals surface area contributed by atoms with Gasteiger partial charge in [0.1, 0.15) is 0 Å². The van der Waals surface area contributed by atoms with Gasteiger partial charge < -0.3 is 4.74 Å². The van der Waals surface area contributed by atoms with E-state index in [0.29, 0.717) is 6.10 Å². The van der Waals surface area contributed by atoms with Crippen molar-refractivity contribution in [1.29, 1.82) is 0 Å². The molecule has 2 rings (SSSR count). The minimum Gasteiger partial charge on any atom is -0.374 e. The Labute approximate surface area is 98.8 Å². The smallest absolute Gasteiger partial charge is 0.0720 e. The number of benzene rings is 1. The van der Waals surface area contributed by atoms with Crippen LogP contribution in [0.3, 0.4) is 0 Å². The fraction of sp³-hybridized carbons (Fsp3) is 0.600. The van der Waals surface area contributed by atoms with E-state index in [9.17, 15) is 0 Å². The molecule has 16 heavy (non-hydrogen) atoms. The Bertz CT molecular complexity index is 300. The Morgan fingerprint density at radius 2 is 1.94 bits per heavy atom. The summed E-state index contributed by atoms with van der Waals surface area (Å²) >= 11 is 0. The van der Waals surface area contributed by atoms with Crippen molar-refractivity contribution in [3.8, 4) is 0 Å². The molecule has 0 aromatic heterocycles. The maximum absolute atomic E-state index is 5.89. The topological polar surface area (TPSA) is 9.23 Å². The van der Waals surface area contributed by atoms with Gasteiger partial charge in [0.25, 0.3) is 0 Å². The molecule has 0 amide bonds. The first-order chi connectivity index (χ1) is 7.79. The summed E-state index contributed by atoms with van der Waals surface area (Å²) in [5, 5.41) is 0. The van der Waals surface area contributed by atoms with Gasteiger partial charge in [-0.25, -0.2) is 0 Å². The fourth-order valence-electron chi connectivity index (χ4n) is 2.33. The van der Waals surface area contributed by atoms with Gasteiger partial charge in [-0.1, -0.05) is 50.6 Å². The molecule has 0 N–H and O–H groups in total. The van der Waals surface area contributed by atoms with Crippen molar-refractivity contribution < 1.29 is 4.74 Å². The molecule has 1 atom stereocenters. The third-order valence-corrected chi connectivity index (χ3v) is 3.91. The molecule has 1 unspecified atom stereocenters. The zero-order valence-electron chi connectivity index (χ0n) is 10.4. The van der Waals surface area contributed by atoms with Crippen LogP contribution in [0.15, 0.2) is 30.3 Å². The average Bonchev–Trinajstić information content (AvgIpc) is 2.28. The van der Waals surface area contributed by atoms with E-state index in [-0.39, 0.29) is 0 Å². The van der Waals surface area contributed by atoms with Gasteiger partial charge in [-0.15, -0.1) is 0 Å². The lowest BCUT2D eigenvalue weighted by Gasteiger charge is -2.38. The Balaban J connectivity index is 1.67. The van der Waals surface area contributed by atoms with Crippen molar-refractivity contribution >= 4 is 0 Å². The predicted octanol–water partition coefficient (Wildman–Crippen LogP) is 4.03. The predicted molar refractivity (Wildman–Crippen MR) is 67.2 cm³/mol. The summed E-state index contributed by atoms with van der Waals surface area (Å²) in [7, 11) is 0. The largest absolute Gasteiger partial charge is 0.374 e. The van der Waals surface area contributed by atoms with Crippen molar-refractivity contribution in [1.82, 2.24) is 0 Å². The molecule has 0 heterocycles. The first-order valence-electron chi connectivity index (χ1n) is 6.45. The Morgan fingerprint density at radius 1 is 1.25 bits per heavy atom. The molecule has 1 aromatic rings. The maximum Gasteiger partial charge on any atom is 0.0720 e. The van der Waals surface area contributed by atoms with E-state index in [4.69, 9.17) is 4.74 Å². The van der Waals surface area contributed by atoms with E-state index in [0.717, 1.165) is 18.4 Å². The molecule has 1 fully saturated rings. The van der Waals surface area contributed by atoms with Crippen LogP contribution in [-0.4, -0.2) is 6.10 Å². The van der Waals surface area contributed by atoms with Crippen LogP contribution in [0.4, 0.5) is 0 Å². The molecule has 0 spiro atoms. The summed E-state index contributed by atoms with van der Waals surface area (Å²) in [6.45, 7) is 5.42. The quantitative estimate of drug-likeness (QED) is 0.725. The SMILES string of the molecule is CCC(C)C1CC(OCc2ccccc2)C1. The summed E-state index contributed by atoms with van der Waals surface area (Å²) in [6.07, 6.45) is 4.35. The molecule has 1 aromatic carbocycles. The van der Waals surface area contributed by atoms with E-state index in [1.807, 2.05) is 6.07 Å². The van der Waals surface area contributed by atoms with Gasteiger partial charge in [0.15, 0.2) is 0 Å². The van der Waals surface area contributed by atoms with Crippen LogP contribution in [0.25, 0.3) is 0 Å². The first kappa shape index (κ1) is 11.7. The average molecular weight is 218 g/mol. The van der Waals surface area contributed by atoms with Gasteiger partial charge in [0, 0.05) is 0 Å². The molecular formula is C15H22O. The van der Waals surface area contributed by atoms with Crippen LogP contribution in [0.1, 0.15) is 38.7 Å². The molecule has 1 nitrogen and oxygen atoms in total. The van der Waals surface area contributed by atoms with Gasteiger partial charge in [-0.3, -0.25) is 0 Å². The molecule has 1 aliphatic rings. The highest BCUT2D eigenvalue weighted by atomic mass is 16.5. The molecule has 1 aliphatic carbocycles. The lowest BCUT2D eigenvalue weighted by Crippen LogP contribution is -2.34. The van der Waals surface area contributed by atoms with Gasteiger partial charge in [-0.05, 0) is 30.2 Å². The summed E-state index contributed by atoms with van der Waals surface area (Å²) in [5.74, 6) is 1.78. The number of rotatable bonds is 5. The minimum atomic E-state index is 0.513. The summed E-state index contributed by atoms with van der Waals surface area (Å²) in [4.78, 5) is 0. The second kappa shape index (κ2) is 5.49. The summed E-state index contributed by atoms with van der Waals surface area (Å²) in [6, 6.07) is 10.4. The Hall–Kier alpha value is -0.820. The maximum atomic E-state index is 5.89. The van der Waals surface area contributed by atoms with Crippen LogP contribution < -0.4 is 0 Å². The van der Waals surface area contributed by atoms with Crippen LogP contribution >= 0.6 is 0 Å². The van der Waals surface area contributed by atoms with Gasteiger partial charge >= 0.3 is 0 Å². The van der Waals surface area contributed by atoms with Crippen LogP contribution in [0.5, 0.6) is 0 Å². The second-order valence-electron chi connectivity index (χ2n) is 5.04. The standard InChI is InChI=1S/C15H22O/c1-3-12(2)14-9-15(10-14)16-11-13-7-5-4-6-8-13/h4-8,12,14-15H,3,9-11H2,1-2H3. The van der Waals surface area contributed by atoms with E-state index >= 15 is 0 Å². The second-order valence-corrected chi connectivity index (χ2v) is 5.04. The van der Waals surface area contributed by atoms with E-state index in [1.165, 1.54) is 24.8 Å². The van der Waals surface area contributed by atoms with Crippen LogP contribution in [0.2, 0.25) is 0 Å². The van der Waals surface area contributed by atoms with Crippen molar-refractivity contribution in [3.05, 3.63) is 35.9 Å². The third kappa shape index (κ3) is 2.85. The molecular weight excluding hydrogens is 196 g/mol. The lowest BCUT2D eigenvalue weighted by molar-refractivity contribution is -0.0543. The Morgan fingerprint density at radius 3 is 2.56 bits per heavy atom. The van der Waals surface area contributed by atoms with Crippen molar-refractivity contribution in [3.63, 3.8) is 0 Å². The molecule has 1 heteroatoms. The molecule has 88 valence electrons.